The highest BCUT2D eigenvalue weighted by Crippen LogP contribution is 2.31. The van der Waals surface area contributed by atoms with Gasteiger partial charge in [0.2, 0.25) is 11.8 Å². The molecule has 0 atom stereocenters. The van der Waals surface area contributed by atoms with E-state index in [1.807, 2.05) is 0 Å². The van der Waals surface area contributed by atoms with Gasteiger partial charge in [-0.2, -0.15) is 0 Å². The van der Waals surface area contributed by atoms with Crippen LogP contribution in [-0.4, -0.2) is 59.4 Å². The summed E-state index contributed by atoms with van der Waals surface area (Å²) in [6.45, 7) is 5.09. The van der Waals surface area contributed by atoms with Gasteiger partial charge >= 0.3 is 5.97 Å². The van der Waals surface area contributed by atoms with Gasteiger partial charge in [0.15, 0.2) is 0 Å². The summed E-state index contributed by atoms with van der Waals surface area (Å²) in [5.41, 5.74) is -1.03. The number of nitrogens with zero attached hydrogens (tertiary/aromatic N) is 2. The number of hydrogen-bond acceptors (Lipinski definition) is 3. The molecule has 2 amide bonds. The maximum absolute atomic E-state index is 12.2. The van der Waals surface area contributed by atoms with Crippen molar-refractivity contribution in [1.29, 1.82) is 0 Å². The van der Waals surface area contributed by atoms with Gasteiger partial charge in [-0.25, -0.2) is 0 Å². The first-order chi connectivity index (χ1) is 9.86. The lowest BCUT2D eigenvalue weighted by atomic mass is 9.79. The van der Waals surface area contributed by atoms with Crippen LogP contribution in [0.2, 0.25) is 0 Å². The van der Waals surface area contributed by atoms with E-state index in [1.165, 1.54) is 4.90 Å². The third kappa shape index (κ3) is 4.19. The second-order valence-corrected chi connectivity index (χ2v) is 5.81. The highest BCUT2D eigenvalue weighted by molar-refractivity contribution is 5.88. The molecule has 6 nitrogen and oxygen atoms in total. The van der Waals surface area contributed by atoms with Crippen LogP contribution in [0.15, 0.2) is 0 Å². The second-order valence-electron chi connectivity index (χ2n) is 5.81. The van der Waals surface area contributed by atoms with E-state index in [0.717, 1.165) is 25.9 Å². The van der Waals surface area contributed by atoms with Crippen molar-refractivity contribution in [2.45, 2.75) is 46.0 Å². The van der Waals surface area contributed by atoms with E-state index in [4.69, 9.17) is 0 Å². The predicted molar refractivity (Wildman–Crippen MR) is 78.7 cm³/mol. The summed E-state index contributed by atoms with van der Waals surface area (Å²) in [6, 6.07) is 0. The van der Waals surface area contributed by atoms with Gasteiger partial charge in [-0.1, -0.05) is 13.8 Å². The van der Waals surface area contributed by atoms with Gasteiger partial charge in [0.1, 0.15) is 0 Å². The maximum Gasteiger partial charge on any atom is 0.310 e. The number of carboxylic acid groups (broad SMARTS) is 1. The molecule has 1 saturated heterocycles. The lowest BCUT2D eigenvalue weighted by Crippen LogP contribution is -2.42. The van der Waals surface area contributed by atoms with Crippen molar-refractivity contribution in [3.8, 4) is 0 Å². The Kier molecular flexibility index (Phi) is 6.18. The van der Waals surface area contributed by atoms with Crippen LogP contribution in [0, 0.1) is 5.41 Å². The van der Waals surface area contributed by atoms with E-state index in [9.17, 15) is 19.5 Å². The number of likely N-dealkylation sites (tertiary alicyclic amines) is 1. The first-order valence-electron chi connectivity index (χ1n) is 7.61. The van der Waals surface area contributed by atoms with Gasteiger partial charge in [-0.3, -0.25) is 14.4 Å². The number of aliphatic carboxylic acids is 1. The Hall–Kier alpha value is -1.59. The second kappa shape index (κ2) is 7.43. The van der Waals surface area contributed by atoms with Crippen molar-refractivity contribution in [3.05, 3.63) is 0 Å². The molecule has 1 aliphatic heterocycles. The zero-order chi connectivity index (χ0) is 16.0. The summed E-state index contributed by atoms with van der Waals surface area (Å²) in [4.78, 5) is 38.8. The van der Waals surface area contributed by atoms with Crippen molar-refractivity contribution in [1.82, 2.24) is 9.80 Å². The molecular formula is C15H26N2O4. The van der Waals surface area contributed by atoms with Crippen molar-refractivity contribution >= 4 is 17.8 Å². The Morgan fingerprint density at radius 2 is 1.67 bits per heavy atom. The van der Waals surface area contributed by atoms with Crippen LogP contribution in [0.3, 0.4) is 0 Å². The fourth-order valence-electron chi connectivity index (χ4n) is 2.66. The average molecular weight is 298 g/mol. The molecule has 1 aliphatic rings. The van der Waals surface area contributed by atoms with E-state index >= 15 is 0 Å². The van der Waals surface area contributed by atoms with Crippen LogP contribution in [0.1, 0.15) is 46.0 Å². The van der Waals surface area contributed by atoms with Crippen molar-refractivity contribution in [3.63, 3.8) is 0 Å². The summed E-state index contributed by atoms with van der Waals surface area (Å²) in [5, 5.41) is 9.36. The van der Waals surface area contributed by atoms with Gasteiger partial charge in [0.25, 0.3) is 0 Å². The normalized spacial score (nSPS) is 15.1. The lowest BCUT2D eigenvalue weighted by molar-refractivity contribution is -0.154. The monoisotopic (exact) mass is 298 g/mol. The Morgan fingerprint density at radius 3 is 2.10 bits per heavy atom. The number of amides is 2. The van der Waals surface area contributed by atoms with E-state index < -0.39 is 11.4 Å². The largest absolute Gasteiger partial charge is 0.481 e. The van der Waals surface area contributed by atoms with Crippen LogP contribution in [-0.2, 0) is 14.4 Å². The van der Waals surface area contributed by atoms with Gasteiger partial charge in [0, 0.05) is 26.6 Å². The molecule has 0 spiro atoms. The summed E-state index contributed by atoms with van der Waals surface area (Å²) in [5.74, 6) is -1.29. The van der Waals surface area contributed by atoms with E-state index in [-0.39, 0.29) is 24.8 Å². The highest BCUT2D eigenvalue weighted by Gasteiger charge is 2.38. The molecule has 0 aromatic heterocycles. The van der Waals surface area contributed by atoms with E-state index in [1.54, 1.807) is 25.8 Å². The van der Waals surface area contributed by atoms with Gasteiger partial charge < -0.3 is 14.9 Å². The van der Waals surface area contributed by atoms with E-state index in [0.29, 0.717) is 12.8 Å². The predicted octanol–water partition coefficient (Wildman–Crippen LogP) is 1.35. The molecule has 0 bridgehead atoms. The number of carbonyl (C=O) groups excluding carboxylic acids is 2. The van der Waals surface area contributed by atoms with Crippen LogP contribution in [0.25, 0.3) is 0 Å². The minimum absolute atomic E-state index is 0.0297. The molecule has 0 unspecified atom stereocenters. The molecule has 120 valence electrons. The number of carboxylic acids is 1. The topological polar surface area (TPSA) is 77.9 Å². The fraction of sp³-hybridized carbons (Fsp3) is 0.800. The van der Waals surface area contributed by atoms with Crippen LogP contribution in [0.5, 0.6) is 0 Å². The summed E-state index contributed by atoms with van der Waals surface area (Å²) >= 11 is 0. The number of likely N-dealkylation sites (N-methyl/N-ethyl adjacent to an activating group) is 1. The van der Waals surface area contributed by atoms with Crippen LogP contribution in [0.4, 0.5) is 0 Å². The highest BCUT2D eigenvalue weighted by atomic mass is 16.4. The molecule has 0 radical (unpaired) electrons. The summed E-state index contributed by atoms with van der Waals surface area (Å²) in [7, 11) is 1.56. The third-order valence-electron chi connectivity index (χ3n) is 4.55. The van der Waals surface area contributed by atoms with Gasteiger partial charge in [-0.05, 0) is 25.7 Å². The molecule has 1 rings (SSSR count). The Morgan fingerprint density at radius 1 is 1.14 bits per heavy atom. The summed E-state index contributed by atoms with van der Waals surface area (Å²) < 4.78 is 0. The minimum Gasteiger partial charge on any atom is -0.481 e. The first-order valence-corrected chi connectivity index (χ1v) is 7.61. The van der Waals surface area contributed by atoms with E-state index in [2.05, 4.69) is 0 Å². The molecule has 0 aromatic carbocycles. The van der Waals surface area contributed by atoms with Crippen molar-refractivity contribution in [2.75, 3.05) is 26.7 Å². The molecule has 0 aliphatic carbocycles. The minimum atomic E-state index is -1.03. The molecule has 0 aromatic rings. The Bertz CT molecular complexity index is 398. The maximum atomic E-state index is 12.2. The quantitative estimate of drug-likeness (QED) is 0.769. The molecule has 1 heterocycles. The van der Waals surface area contributed by atoms with Crippen molar-refractivity contribution < 1.29 is 19.5 Å². The number of hydrogen-bond donors (Lipinski definition) is 1. The lowest BCUT2D eigenvalue weighted by Gasteiger charge is -2.29. The van der Waals surface area contributed by atoms with Gasteiger partial charge in [0.05, 0.1) is 12.0 Å². The molecule has 1 fully saturated rings. The molecular weight excluding hydrogens is 272 g/mol. The Balaban J connectivity index is 2.60. The van der Waals surface area contributed by atoms with Crippen LogP contribution < -0.4 is 0 Å². The molecule has 6 heteroatoms. The summed E-state index contributed by atoms with van der Waals surface area (Å²) in [6.07, 6.45) is 2.77. The standard InChI is InChI=1S/C15H26N2O4/c1-4-15(5-2,14(20)21)10-12(18)16(3)11-13(19)17-8-6-7-9-17/h4-11H2,1-3H3,(H,20,21). The third-order valence-corrected chi connectivity index (χ3v) is 4.55. The zero-order valence-electron chi connectivity index (χ0n) is 13.2. The first kappa shape index (κ1) is 17.5. The van der Waals surface area contributed by atoms with Gasteiger partial charge in [-0.15, -0.1) is 0 Å². The Labute approximate surface area is 126 Å². The molecule has 1 N–H and O–H groups in total. The van der Waals surface area contributed by atoms with Crippen molar-refractivity contribution in [2.24, 2.45) is 5.41 Å². The smallest absolute Gasteiger partial charge is 0.310 e. The zero-order valence-corrected chi connectivity index (χ0v) is 13.2. The number of carbonyl (C=O) groups is 3. The molecule has 21 heavy (non-hydrogen) atoms. The molecule has 0 saturated carbocycles. The SMILES string of the molecule is CCC(CC)(CC(=O)N(C)CC(=O)N1CCCC1)C(=O)O. The van der Waals surface area contributed by atoms with Crippen LogP contribution >= 0.6 is 0 Å². The number of rotatable bonds is 7. The average Bonchev–Trinajstić information content (AvgIpc) is 2.98. The fourth-order valence-corrected chi connectivity index (χ4v) is 2.66.